The number of morpholine rings is 1. The smallest absolute Gasteiger partial charge is 0.342 e. The first kappa shape index (κ1) is 36.7. The summed E-state index contributed by atoms with van der Waals surface area (Å²) in [6, 6.07) is 17.3. The second-order valence-corrected chi connectivity index (χ2v) is 14.6. The van der Waals surface area contributed by atoms with Crippen molar-refractivity contribution in [3.8, 4) is 11.1 Å². The van der Waals surface area contributed by atoms with Crippen LogP contribution >= 0.6 is 0 Å². The van der Waals surface area contributed by atoms with Gasteiger partial charge in [-0.25, -0.2) is 4.79 Å². The van der Waals surface area contributed by atoms with E-state index in [-0.39, 0.29) is 46.8 Å². The molecule has 4 aromatic rings. The molecule has 9 rings (SSSR count). The van der Waals surface area contributed by atoms with Crippen molar-refractivity contribution in [2.75, 3.05) is 37.8 Å². The van der Waals surface area contributed by atoms with Crippen LogP contribution in [0.3, 0.4) is 0 Å². The van der Waals surface area contributed by atoms with Crippen molar-refractivity contribution in [1.29, 1.82) is 0 Å². The summed E-state index contributed by atoms with van der Waals surface area (Å²) in [6.45, 7) is 10.9. The lowest BCUT2D eigenvalue weighted by Gasteiger charge is -2.51. The molecule has 1 saturated carbocycles. The molecule has 2 aromatic carbocycles. The molecule has 0 amide bonds. The number of benzene rings is 2. The number of Topliss-reactive ketones (excluding diaryl/α,β-unsaturated/α-hetero) is 2. The third-order valence-electron chi connectivity index (χ3n) is 11.9. The molecule has 280 valence electrons. The second-order valence-electron chi connectivity index (χ2n) is 14.6. The Labute approximate surface area is 311 Å². The van der Waals surface area contributed by atoms with Crippen molar-refractivity contribution >= 4 is 47.7 Å². The average Bonchev–Trinajstić information content (AvgIpc) is 3.78. The lowest BCUT2D eigenvalue weighted by molar-refractivity contribution is -0.131. The first-order valence-corrected chi connectivity index (χ1v) is 18.0. The zero-order valence-corrected chi connectivity index (χ0v) is 30.4. The zero-order valence-electron chi connectivity index (χ0n) is 30.4. The Kier molecular flexibility index (Phi) is 9.74. The van der Waals surface area contributed by atoms with E-state index in [1.54, 1.807) is 6.07 Å². The number of carbonyl (C=O) groups excluding carboxylic acids is 5. The number of para-hydroxylation sites is 1. The maximum Gasteiger partial charge on any atom is 0.342 e. The molecule has 0 N–H and O–H groups in total. The van der Waals surface area contributed by atoms with Gasteiger partial charge in [0, 0.05) is 59.5 Å². The number of anilines is 1. The lowest BCUT2D eigenvalue weighted by Crippen LogP contribution is -2.54. The third-order valence-corrected chi connectivity index (χ3v) is 11.9. The Bertz CT molecular complexity index is 2230. The number of nitrogens with zero attached hydrogens (tertiary/aromatic N) is 1. The summed E-state index contributed by atoms with van der Waals surface area (Å²) in [7, 11) is 0. The summed E-state index contributed by atoms with van der Waals surface area (Å²) in [5.74, 6) is -0.373. The highest BCUT2D eigenvalue weighted by molar-refractivity contribution is 6.14. The Morgan fingerprint density at radius 3 is 2.44 bits per heavy atom. The molecule has 4 heterocycles. The summed E-state index contributed by atoms with van der Waals surface area (Å²) in [5, 5.41) is 0.614. The largest absolute Gasteiger partial charge is 0.467 e. The molecule has 2 aliphatic heterocycles. The van der Waals surface area contributed by atoms with Gasteiger partial charge in [0.05, 0.1) is 30.6 Å². The maximum absolute atomic E-state index is 13.6. The third kappa shape index (κ3) is 5.71. The number of allylic oxidation sites excluding steroid dienone is 1. The Morgan fingerprint density at radius 2 is 1.72 bits per heavy atom. The maximum atomic E-state index is 13.6. The number of carbonyl (C=O) groups is 5. The van der Waals surface area contributed by atoms with Crippen LogP contribution in [0.4, 0.5) is 5.88 Å². The van der Waals surface area contributed by atoms with Crippen LogP contribution in [0.25, 0.3) is 22.1 Å². The second kappa shape index (κ2) is 14.3. The molecule has 0 spiro atoms. The highest BCUT2D eigenvalue weighted by Gasteiger charge is 2.63. The van der Waals surface area contributed by atoms with Crippen molar-refractivity contribution in [2.45, 2.75) is 51.6 Å². The number of hydrogen-bond donors (Lipinski definition) is 0. The van der Waals surface area contributed by atoms with E-state index in [0.717, 1.165) is 29.8 Å². The topological polar surface area (TPSA) is 160 Å². The number of ether oxygens (including phenoxy) is 3. The van der Waals surface area contributed by atoms with Crippen molar-refractivity contribution in [2.24, 2.45) is 17.3 Å². The van der Waals surface area contributed by atoms with Crippen LogP contribution in [0.2, 0.25) is 0 Å². The number of rotatable bonds is 5. The minimum absolute atomic E-state index is 0.00878. The van der Waals surface area contributed by atoms with Crippen LogP contribution in [-0.4, -0.2) is 69.8 Å². The highest BCUT2D eigenvalue weighted by Crippen LogP contribution is 2.62. The molecule has 2 fully saturated rings. The molecule has 12 nitrogen and oxygen atoms in total. The molecule has 54 heavy (non-hydrogen) atoms. The van der Waals surface area contributed by atoms with Crippen LogP contribution in [-0.2, 0) is 34.0 Å². The fourth-order valence-corrected chi connectivity index (χ4v) is 9.26. The fourth-order valence-electron chi connectivity index (χ4n) is 9.26. The minimum atomic E-state index is -0.779. The van der Waals surface area contributed by atoms with Gasteiger partial charge in [-0.05, 0) is 43.9 Å². The van der Waals surface area contributed by atoms with Crippen molar-refractivity contribution in [1.82, 2.24) is 0 Å². The molecule has 1 unspecified atom stereocenters. The van der Waals surface area contributed by atoms with E-state index < -0.39 is 22.9 Å². The van der Waals surface area contributed by atoms with E-state index in [9.17, 15) is 24.0 Å². The van der Waals surface area contributed by atoms with E-state index in [4.69, 9.17) is 27.8 Å². The van der Waals surface area contributed by atoms with Gasteiger partial charge in [0.25, 0.3) is 6.47 Å². The molecule has 2 aromatic heterocycles. The molecule has 0 bridgehead atoms. The number of hydrogen-bond acceptors (Lipinski definition) is 12. The van der Waals surface area contributed by atoms with Gasteiger partial charge in [0.2, 0.25) is 5.78 Å². The predicted octanol–water partition coefficient (Wildman–Crippen LogP) is 5.88. The SMILES string of the molecule is C=O.C[C@H]1OC(=O)c2coc3c2[C@@]1(C)C1=C(C3=O)C2CCC(=O)[C@@]2(C)C[C@H]1COC=O.O=c1cc(N2CCOCC2)oc2c(-c3ccccc3)cccc12. The van der Waals surface area contributed by atoms with Crippen molar-refractivity contribution in [3.05, 3.63) is 99.1 Å². The summed E-state index contributed by atoms with van der Waals surface area (Å²) >= 11 is 0. The molecule has 5 atom stereocenters. The van der Waals surface area contributed by atoms with Gasteiger partial charge in [-0.1, -0.05) is 49.4 Å². The predicted molar refractivity (Wildman–Crippen MR) is 196 cm³/mol. The number of fused-ring (bicyclic) bond motifs is 4. The zero-order chi connectivity index (χ0) is 38.4. The number of furan rings is 1. The first-order valence-electron chi connectivity index (χ1n) is 18.0. The van der Waals surface area contributed by atoms with Crippen LogP contribution in [0.5, 0.6) is 0 Å². The van der Waals surface area contributed by atoms with Gasteiger partial charge < -0.3 is 32.7 Å². The molecule has 12 heteroatoms. The summed E-state index contributed by atoms with van der Waals surface area (Å²) in [4.78, 5) is 72.3. The van der Waals surface area contributed by atoms with Crippen molar-refractivity contribution < 1.29 is 47.0 Å². The highest BCUT2D eigenvalue weighted by atomic mass is 16.5. The van der Waals surface area contributed by atoms with E-state index >= 15 is 0 Å². The van der Waals surface area contributed by atoms with E-state index in [1.165, 1.54) is 6.26 Å². The monoisotopic (exact) mass is 735 g/mol. The summed E-state index contributed by atoms with van der Waals surface area (Å²) in [6.07, 6.45) is 2.29. The van der Waals surface area contributed by atoms with Gasteiger partial charge in [-0.3, -0.25) is 19.2 Å². The van der Waals surface area contributed by atoms with Crippen LogP contribution < -0.4 is 10.3 Å². The molecule has 1 saturated heterocycles. The fraction of sp³-hybridized carbons (Fsp3) is 0.381. The van der Waals surface area contributed by atoms with Crippen LogP contribution in [0, 0.1) is 17.3 Å². The van der Waals surface area contributed by atoms with E-state index in [2.05, 4.69) is 4.90 Å². The Hall–Kier alpha value is -5.62. The van der Waals surface area contributed by atoms with Gasteiger partial charge in [-0.2, -0.15) is 0 Å². The molecule has 0 radical (unpaired) electrons. The van der Waals surface area contributed by atoms with Gasteiger partial charge >= 0.3 is 5.97 Å². The van der Waals surface area contributed by atoms with Gasteiger partial charge in [0.15, 0.2) is 17.1 Å². The van der Waals surface area contributed by atoms with Gasteiger partial charge in [0.1, 0.15) is 36.1 Å². The quantitative estimate of drug-likeness (QED) is 0.177. The average molecular weight is 736 g/mol. The molecule has 5 aliphatic rings. The Balaban J connectivity index is 0.000000163. The summed E-state index contributed by atoms with van der Waals surface area (Å²) < 4.78 is 27.9. The van der Waals surface area contributed by atoms with E-state index in [0.29, 0.717) is 66.9 Å². The summed E-state index contributed by atoms with van der Waals surface area (Å²) in [5.41, 5.74) is 3.41. The standard InChI is InChI=1S/C22H22O7.C19H17NO3.CH2O/c1-10-22(3)16-11(7-27-9-23)6-21(2)13(4-5-14(21)24)15(16)18(25)19-17(22)12(8-28-19)20(26)29-10;21-17-13-18(20-9-11-22-12-10-20)23-19-15(7-4-8-16(17)19)14-5-2-1-3-6-14;1-2/h8-11,13H,4-7H2,1-3H3;1-8,13H,9-12H2;1H2/t10-,11+,13?,21+,22-;;/m1../s1. The molecular formula is C42H41NO11. The lowest BCUT2D eigenvalue weighted by atomic mass is 9.52. The first-order chi connectivity index (χ1) is 26.1. The number of esters is 1. The normalized spacial score (nSPS) is 26.7. The van der Waals surface area contributed by atoms with Crippen LogP contribution in [0.1, 0.15) is 66.5 Å². The molecule has 3 aliphatic carbocycles. The van der Waals surface area contributed by atoms with E-state index in [1.807, 2.05) is 76.1 Å². The number of cyclic esters (lactones) is 1. The number of ketones is 2. The Morgan fingerprint density at radius 1 is 0.981 bits per heavy atom. The van der Waals surface area contributed by atoms with Gasteiger partial charge in [-0.15, -0.1) is 0 Å². The molecular weight excluding hydrogens is 694 g/mol. The minimum Gasteiger partial charge on any atom is -0.467 e. The van der Waals surface area contributed by atoms with Crippen molar-refractivity contribution in [3.63, 3.8) is 0 Å². The van der Waals surface area contributed by atoms with Crippen LogP contribution in [0.15, 0.2) is 85.6 Å².